The van der Waals surface area contributed by atoms with Crippen molar-refractivity contribution in [3.8, 4) is 0 Å². The molecule has 2 amide bonds. The number of likely N-dealkylation sites (tertiary alicyclic amines) is 2. The Bertz CT molecular complexity index is 1270. The fraction of sp³-hybridized carbons (Fsp3) is 0.500. The van der Waals surface area contributed by atoms with Crippen molar-refractivity contribution in [2.45, 2.75) is 62.9 Å². The number of nitrogens with one attached hydrogen (secondary N) is 1. The molecule has 4 aliphatic rings. The number of alkyl halides is 1. The van der Waals surface area contributed by atoms with Gasteiger partial charge >= 0.3 is 0 Å². The summed E-state index contributed by atoms with van der Waals surface area (Å²) in [6, 6.07) is 6.80. The van der Waals surface area contributed by atoms with Crippen LogP contribution in [0, 0.1) is 5.92 Å². The second-order valence-corrected chi connectivity index (χ2v) is 11.3. The maximum atomic E-state index is 14.3. The minimum Gasteiger partial charge on any atom is -0.487 e. The highest BCUT2D eigenvalue weighted by Crippen LogP contribution is 2.43. The van der Waals surface area contributed by atoms with Crippen LogP contribution in [0.1, 0.15) is 54.6 Å². The fourth-order valence-corrected chi connectivity index (χ4v) is 6.39. The Kier molecular flexibility index (Phi) is 7.60. The fourth-order valence-electron chi connectivity index (χ4n) is 6.39. The quantitative estimate of drug-likeness (QED) is 0.615. The van der Waals surface area contributed by atoms with E-state index in [1.54, 1.807) is 48.9 Å². The van der Waals surface area contributed by atoms with Gasteiger partial charge in [0.25, 0.3) is 5.91 Å². The van der Waals surface area contributed by atoms with Crippen molar-refractivity contribution in [3.05, 3.63) is 77.6 Å². The van der Waals surface area contributed by atoms with E-state index in [0.29, 0.717) is 49.4 Å². The number of carbonyl (C=O) groups is 2. The number of fused-ring (bicyclic) bond motifs is 1. The number of hydrogen-bond donors (Lipinski definition) is 1. The second kappa shape index (κ2) is 11.4. The van der Waals surface area contributed by atoms with Gasteiger partial charge in [0.1, 0.15) is 23.2 Å². The molecule has 9 nitrogen and oxygen atoms in total. The summed E-state index contributed by atoms with van der Waals surface area (Å²) in [4.78, 5) is 34.9. The Balaban J connectivity index is 1.07. The first-order valence-electron chi connectivity index (χ1n) is 14.2. The maximum Gasteiger partial charge on any atom is 0.270 e. The number of piperidine rings is 2. The molecule has 1 spiro atoms. The number of rotatable bonds is 5. The Morgan fingerprint density at radius 2 is 1.90 bits per heavy atom. The van der Waals surface area contributed by atoms with Crippen molar-refractivity contribution in [1.82, 2.24) is 30.3 Å². The van der Waals surface area contributed by atoms with Crippen molar-refractivity contribution in [1.29, 1.82) is 0 Å². The van der Waals surface area contributed by atoms with Crippen LogP contribution in [0.4, 0.5) is 4.39 Å². The van der Waals surface area contributed by atoms with Crippen LogP contribution in [-0.4, -0.2) is 80.8 Å². The third kappa shape index (κ3) is 5.77. The number of nitrogens with zero attached hydrogens (tertiary/aromatic N) is 5. The van der Waals surface area contributed by atoms with Crippen molar-refractivity contribution >= 4 is 11.8 Å². The van der Waals surface area contributed by atoms with Crippen LogP contribution >= 0.6 is 0 Å². The Morgan fingerprint density at radius 3 is 2.62 bits per heavy atom. The lowest BCUT2D eigenvalue weighted by atomic mass is 9.78. The van der Waals surface area contributed by atoms with E-state index in [1.807, 2.05) is 11.0 Å². The van der Waals surface area contributed by atoms with E-state index in [-0.39, 0.29) is 30.2 Å². The van der Waals surface area contributed by atoms with Gasteiger partial charge in [0.05, 0.1) is 12.2 Å². The van der Waals surface area contributed by atoms with Gasteiger partial charge in [-0.3, -0.25) is 19.5 Å². The molecule has 3 saturated heterocycles. The lowest BCUT2D eigenvalue weighted by molar-refractivity contribution is -0.143. The van der Waals surface area contributed by atoms with Gasteiger partial charge in [0.15, 0.2) is 0 Å². The molecule has 0 aromatic carbocycles. The number of ether oxygens (including phenoxy) is 1. The van der Waals surface area contributed by atoms with E-state index in [9.17, 15) is 14.0 Å². The summed E-state index contributed by atoms with van der Waals surface area (Å²) in [5.41, 5.74) is 1.65. The highest BCUT2D eigenvalue weighted by molar-refractivity contribution is 5.92. The largest absolute Gasteiger partial charge is 0.487 e. The van der Waals surface area contributed by atoms with Crippen LogP contribution in [-0.2, 0) is 16.1 Å². The monoisotopic (exact) mass is 546 g/mol. The Morgan fingerprint density at radius 1 is 1.07 bits per heavy atom. The van der Waals surface area contributed by atoms with Crippen LogP contribution in [0.15, 0.2) is 66.3 Å². The van der Waals surface area contributed by atoms with Crippen LogP contribution in [0.25, 0.3) is 0 Å². The van der Waals surface area contributed by atoms with E-state index in [1.165, 1.54) is 0 Å². The molecule has 6 rings (SSSR count). The molecule has 0 saturated carbocycles. The van der Waals surface area contributed by atoms with E-state index in [2.05, 4.69) is 25.4 Å². The highest BCUT2D eigenvalue weighted by Gasteiger charge is 2.47. The van der Waals surface area contributed by atoms with Crippen molar-refractivity contribution in [2.24, 2.45) is 5.92 Å². The molecular formula is C30H35FN6O3. The summed E-state index contributed by atoms with van der Waals surface area (Å²) in [6.45, 7) is 3.82. The highest BCUT2D eigenvalue weighted by atomic mass is 19.1. The molecule has 2 atom stereocenters. The Hall–Kier alpha value is -3.66. The summed E-state index contributed by atoms with van der Waals surface area (Å²) in [7, 11) is 0. The molecule has 5 heterocycles. The standard InChI is InChI=1S/C30H35FN6O3/c31-23-4-5-27-24(17-23)26(35-28(38)25-3-1-2-11-32-25)18-30(40-27)9-15-37(16-10-30)29(39)22-7-13-36(14-8-22)20-21-6-12-33-34-19-21/h1-3,5-6,11-12,17,19,22-23,26H,4,7-10,13-16,18,20H2,(H,35,38). The van der Waals surface area contributed by atoms with Crippen LogP contribution in [0.5, 0.6) is 0 Å². The molecule has 3 fully saturated rings. The predicted molar refractivity (Wildman–Crippen MR) is 145 cm³/mol. The zero-order valence-corrected chi connectivity index (χ0v) is 22.5. The smallest absolute Gasteiger partial charge is 0.270 e. The third-order valence-corrected chi connectivity index (χ3v) is 8.63. The summed E-state index contributed by atoms with van der Waals surface area (Å²) in [5.74, 6) is 0.635. The average molecular weight is 547 g/mol. The van der Waals surface area contributed by atoms with E-state index in [4.69, 9.17) is 4.74 Å². The molecule has 2 aromatic heterocycles. The molecule has 0 bridgehead atoms. The van der Waals surface area contributed by atoms with Crippen LogP contribution in [0.3, 0.4) is 0 Å². The van der Waals surface area contributed by atoms with E-state index < -0.39 is 11.8 Å². The number of aromatic nitrogens is 3. The number of pyridine rings is 1. The molecule has 10 heteroatoms. The van der Waals surface area contributed by atoms with Gasteiger partial charge in [-0.15, -0.1) is 0 Å². The molecule has 1 N–H and O–H groups in total. The van der Waals surface area contributed by atoms with Gasteiger partial charge in [-0.25, -0.2) is 4.39 Å². The lowest BCUT2D eigenvalue weighted by Crippen LogP contribution is -2.56. The van der Waals surface area contributed by atoms with Crippen molar-refractivity contribution in [2.75, 3.05) is 26.2 Å². The average Bonchev–Trinajstić information content (AvgIpc) is 2.99. The van der Waals surface area contributed by atoms with Crippen LogP contribution in [0.2, 0.25) is 0 Å². The number of halogens is 1. The molecular weight excluding hydrogens is 511 g/mol. The van der Waals surface area contributed by atoms with Crippen LogP contribution < -0.4 is 5.32 Å². The maximum absolute atomic E-state index is 14.3. The second-order valence-electron chi connectivity index (χ2n) is 11.3. The van der Waals surface area contributed by atoms with Gasteiger partial charge in [0.2, 0.25) is 5.91 Å². The number of hydrogen-bond acceptors (Lipinski definition) is 7. The zero-order chi connectivity index (χ0) is 27.5. The first-order chi connectivity index (χ1) is 19.5. The van der Waals surface area contributed by atoms with E-state index in [0.717, 1.165) is 38.0 Å². The molecule has 210 valence electrons. The summed E-state index contributed by atoms with van der Waals surface area (Å²) < 4.78 is 20.9. The normalized spacial score (nSPS) is 24.9. The molecule has 40 heavy (non-hydrogen) atoms. The van der Waals surface area contributed by atoms with Gasteiger partial charge in [-0.05, 0) is 61.8 Å². The van der Waals surface area contributed by atoms with E-state index >= 15 is 0 Å². The minimum atomic E-state index is -1.10. The molecule has 3 aliphatic heterocycles. The van der Waals surface area contributed by atoms with Crippen molar-refractivity contribution < 1.29 is 18.7 Å². The number of amides is 2. The predicted octanol–water partition coefficient (Wildman–Crippen LogP) is 3.22. The third-order valence-electron chi connectivity index (χ3n) is 8.63. The number of carbonyl (C=O) groups excluding carboxylic acids is 2. The number of allylic oxidation sites excluding steroid dienone is 2. The van der Waals surface area contributed by atoms with Gasteiger partial charge < -0.3 is 15.0 Å². The van der Waals surface area contributed by atoms with Gasteiger partial charge in [-0.1, -0.05) is 6.07 Å². The molecule has 2 aromatic rings. The first-order valence-corrected chi connectivity index (χ1v) is 14.2. The topological polar surface area (TPSA) is 101 Å². The minimum absolute atomic E-state index is 0.0376. The summed E-state index contributed by atoms with van der Waals surface area (Å²) in [6.07, 6.45) is 11.2. The molecule has 2 unspecified atom stereocenters. The molecule has 0 radical (unpaired) electrons. The van der Waals surface area contributed by atoms with Gasteiger partial charge in [0, 0.05) is 69.2 Å². The van der Waals surface area contributed by atoms with Crippen molar-refractivity contribution in [3.63, 3.8) is 0 Å². The lowest BCUT2D eigenvalue weighted by Gasteiger charge is -2.49. The zero-order valence-electron chi connectivity index (χ0n) is 22.5. The molecule has 1 aliphatic carbocycles. The summed E-state index contributed by atoms with van der Waals surface area (Å²) in [5, 5.41) is 10.9. The Labute approximate surface area is 233 Å². The SMILES string of the molecule is O=C(NC1CC2(CCN(C(=O)C3CCN(Cc4ccnnc4)CC3)CC2)OC2=CCC(F)C=C21)c1ccccn1. The summed E-state index contributed by atoms with van der Waals surface area (Å²) >= 11 is 0. The van der Waals surface area contributed by atoms with Gasteiger partial charge in [-0.2, -0.15) is 10.2 Å². The first kappa shape index (κ1) is 26.6.